The van der Waals surface area contributed by atoms with Crippen LogP contribution in [0.2, 0.25) is 0 Å². The summed E-state index contributed by atoms with van der Waals surface area (Å²) in [6.07, 6.45) is 0. The summed E-state index contributed by atoms with van der Waals surface area (Å²) in [6.45, 7) is 3.78. The third kappa shape index (κ3) is 1.72. The maximum atomic E-state index is 5.63. The maximum absolute atomic E-state index is 5.63. The van der Waals surface area contributed by atoms with E-state index in [1.807, 2.05) is 19.2 Å². The molecule has 2 aromatic heterocycles. The molecule has 0 fully saturated rings. The summed E-state index contributed by atoms with van der Waals surface area (Å²) in [5.41, 5.74) is 7.28. The Morgan fingerprint density at radius 2 is 1.93 bits per heavy atom. The Balaban J connectivity index is 2.51. The van der Waals surface area contributed by atoms with Crippen LogP contribution < -0.4 is 5.73 Å². The van der Waals surface area contributed by atoms with Crippen LogP contribution in [-0.2, 0) is 0 Å². The quantitative estimate of drug-likeness (QED) is 0.772. The number of thiazole rings is 1. The Hall–Kier alpha value is -1.49. The topological polar surface area (TPSA) is 64.7 Å². The molecule has 0 aliphatic carbocycles. The second-order valence-electron chi connectivity index (χ2n) is 2.98. The molecule has 14 heavy (non-hydrogen) atoms. The Bertz CT molecular complexity index is 443. The van der Waals surface area contributed by atoms with Gasteiger partial charge in [0.05, 0.1) is 10.7 Å². The maximum Gasteiger partial charge on any atom is 0.128 e. The molecule has 2 rings (SSSR count). The third-order valence-electron chi connectivity index (χ3n) is 1.74. The number of hydrogen-bond acceptors (Lipinski definition) is 5. The Morgan fingerprint density at radius 1 is 1.14 bits per heavy atom. The van der Waals surface area contributed by atoms with Gasteiger partial charge in [-0.1, -0.05) is 0 Å². The zero-order valence-electron chi connectivity index (χ0n) is 7.98. The number of rotatable bonds is 1. The van der Waals surface area contributed by atoms with Crippen LogP contribution in [0, 0.1) is 13.8 Å². The minimum absolute atomic E-state index is 0.484. The number of nitrogens with two attached hydrogens (primary N) is 1. The highest BCUT2D eigenvalue weighted by Crippen LogP contribution is 2.20. The predicted molar refractivity (Wildman–Crippen MR) is 57.0 cm³/mol. The van der Waals surface area contributed by atoms with Crippen molar-refractivity contribution < 1.29 is 0 Å². The van der Waals surface area contributed by atoms with Crippen molar-refractivity contribution in [2.75, 3.05) is 5.73 Å². The highest BCUT2D eigenvalue weighted by Gasteiger charge is 2.05. The Kier molecular flexibility index (Phi) is 2.17. The van der Waals surface area contributed by atoms with E-state index in [1.54, 1.807) is 17.4 Å². The monoisotopic (exact) mass is 206 g/mol. The van der Waals surface area contributed by atoms with Gasteiger partial charge in [-0.3, -0.25) is 0 Å². The molecule has 0 radical (unpaired) electrons. The van der Waals surface area contributed by atoms with Gasteiger partial charge in [0.2, 0.25) is 0 Å². The van der Waals surface area contributed by atoms with Gasteiger partial charge in [-0.2, -0.15) is 0 Å². The van der Waals surface area contributed by atoms with Crippen molar-refractivity contribution in [2.24, 2.45) is 0 Å². The van der Waals surface area contributed by atoms with Crippen molar-refractivity contribution in [3.05, 3.63) is 22.3 Å². The minimum Gasteiger partial charge on any atom is -0.384 e. The van der Waals surface area contributed by atoms with E-state index in [0.29, 0.717) is 11.6 Å². The molecule has 2 N–H and O–H groups in total. The number of nitrogen functional groups attached to an aromatic ring is 1. The molecule has 0 spiro atoms. The number of anilines is 1. The first-order valence-electron chi connectivity index (χ1n) is 4.19. The van der Waals surface area contributed by atoms with Crippen LogP contribution >= 0.6 is 11.3 Å². The number of aromatic nitrogens is 3. The lowest BCUT2D eigenvalue weighted by atomic mass is 10.3. The van der Waals surface area contributed by atoms with E-state index in [2.05, 4.69) is 15.0 Å². The van der Waals surface area contributed by atoms with Crippen LogP contribution in [0.4, 0.5) is 5.82 Å². The van der Waals surface area contributed by atoms with Crippen molar-refractivity contribution in [3.63, 3.8) is 0 Å². The highest BCUT2D eigenvalue weighted by atomic mass is 32.1. The Morgan fingerprint density at radius 3 is 2.50 bits per heavy atom. The van der Waals surface area contributed by atoms with E-state index >= 15 is 0 Å². The molecule has 2 aromatic rings. The standard InChI is InChI=1S/C9H10N4S/c1-5-11-7(3-9(10)12-5)8-4-14-6(2)13-8/h3-4H,1-2H3,(H2,10,11,12). The van der Waals surface area contributed by atoms with Gasteiger partial charge in [0.25, 0.3) is 0 Å². The molecule has 72 valence electrons. The van der Waals surface area contributed by atoms with Crippen LogP contribution in [0.5, 0.6) is 0 Å². The lowest BCUT2D eigenvalue weighted by Gasteiger charge is -1.99. The van der Waals surface area contributed by atoms with E-state index in [4.69, 9.17) is 5.73 Å². The summed E-state index contributed by atoms with van der Waals surface area (Å²) in [7, 11) is 0. The molecular weight excluding hydrogens is 196 g/mol. The lowest BCUT2D eigenvalue weighted by Crippen LogP contribution is -1.97. The molecule has 0 aliphatic heterocycles. The first-order valence-corrected chi connectivity index (χ1v) is 5.07. The number of nitrogens with zero attached hydrogens (tertiary/aromatic N) is 3. The van der Waals surface area contributed by atoms with Crippen LogP contribution in [0.3, 0.4) is 0 Å². The average molecular weight is 206 g/mol. The molecule has 0 atom stereocenters. The molecule has 0 saturated carbocycles. The molecule has 5 heteroatoms. The van der Waals surface area contributed by atoms with Crippen molar-refractivity contribution in [2.45, 2.75) is 13.8 Å². The van der Waals surface area contributed by atoms with Crippen molar-refractivity contribution in [1.29, 1.82) is 0 Å². The first kappa shape index (κ1) is 9.08. The molecule has 0 amide bonds. The molecular formula is C9H10N4S. The number of aryl methyl sites for hydroxylation is 2. The van der Waals surface area contributed by atoms with Gasteiger partial charge in [0.1, 0.15) is 17.3 Å². The second kappa shape index (κ2) is 3.34. The average Bonchev–Trinajstić information content (AvgIpc) is 2.50. The fourth-order valence-corrected chi connectivity index (χ4v) is 1.81. The van der Waals surface area contributed by atoms with Crippen LogP contribution in [-0.4, -0.2) is 15.0 Å². The largest absolute Gasteiger partial charge is 0.384 e. The molecule has 0 bridgehead atoms. The van der Waals surface area contributed by atoms with Crippen molar-refractivity contribution >= 4 is 17.2 Å². The predicted octanol–water partition coefficient (Wildman–Crippen LogP) is 1.80. The van der Waals surface area contributed by atoms with Crippen molar-refractivity contribution in [3.8, 4) is 11.4 Å². The van der Waals surface area contributed by atoms with E-state index in [0.717, 1.165) is 16.4 Å². The summed E-state index contributed by atoms with van der Waals surface area (Å²) in [5.74, 6) is 1.16. The van der Waals surface area contributed by atoms with Crippen molar-refractivity contribution in [1.82, 2.24) is 15.0 Å². The van der Waals surface area contributed by atoms with Crippen LogP contribution in [0.15, 0.2) is 11.4 Å². The van der Waals surface area contributed by atoms with Gasteiger partial charge in [-0.15, -0.1) is 11.3 Å². The molecule has 0 unspecified atom stereocenters. The van der Waals surface area contributed by atoms with Gasteiger partial charge in [0, 0.05) is 11.4 Å². The van der Waals surface area contributed by atoms with Crippen LogP contribution in [0.1, 0.15) is 10.8 Å². The van der Waals surface area contributed by atoms with E-state index < -0.39 is 0 Å². The summed E-state index contributed by atoms with van der Waals surface area (Å²) < 4.78 is 0. The van der Waals surface area contributed by atoms with E-state index in [-0.39, 0.29) is 0 Å². The van der Waals surface area contributed by atoms with Gasteiger partial charge in [-0.05, 0) is 13.8 Å². The zero-order valence-corrected chi connectivity index (χ0v) is 8.80. The first-order chi connectivity index (χ1) is 6.65. The van der Waals surface area contributed by atoms with Crippen LogP contribution in [0.25, 0.3) is 11.4 Å². The zero-order chi connectivity index (χ0) is 10.1. The second-order valence-corrected chi connectivity index (χ2v) is 4.04. The van der Waals surface area contributed by atoms with Gasteiger partial charge in [0.15, 0.2) is 0 Å². The molecule has 0 aliphatic rings. The van der Waals surface area contributed by atoms with Gasteiger partial charge >= 0.3 is 0 Å². The summed E-state index contributed by atoms with van der Waals surface area (Å²) in [4.78, 5) is 12.6. The fraction of sp³-hybridized carbons (Fsp3) is 0.222. The molecule has 0 saturated heterocycles. The molecule has 2 heterocycles. The Labute approximate surface area is 85.9 Å². The summed E-state index contributed by atoms with van der Waals surface area (Å²) in [5, 5.41) is 2.99. The van der Waals surface area contributed by atoms with E-state index in [9.17, 15) is 0 Å². The molecule has 4 nitrogen and oxygen atoms in total. The smallest absolute Gasteiger partial charge is 0.128 e. The normalized spacial score (nSPS) is 10.4. The fourth-order valence-electron chi connectivity index (χ4n) is 1.20. The van der Waals surface area contributed by atoms with Gasteiger partial charge in [-0.25, -0.2) is 15.0 Å². The minimum atomic E-state index is 0.484. The van der Waals surface area contributed by atoms with E-state index in [1.165, 1.54) is 0 Å². The SMILES string of the molecule is Cc1nc(N)cc(-c2csc(C)n2)n1. The summed E-state index contributed by atoms with van der Waals surface area (Å²) >= 11 is 1.60. The van der Waals surface area contributed by atoms with Gasteiger partial charge < -0.3 is 5.73 Å². The third-order valence-corrected chi connectivity index (χ3v) is 2.51. The summed E-state index contributed by atoms with van der Waals surface area (Å²) in [6, 6.07) is 1.74. The highest BCUT2D eigenvalue weighted by molar-refractivity contribution is 7.09. The molecule has 0 aromatic carbocycles. The number of hydrogen-bond donors (Lipinski definition) is 1. The lowest BCUT2D eigenvalue weighted by molar-refractivity contribution is 1.06.